The van der Waals surface area contributed by atoms with Gasteiger partial charge in [0, 0.05) is 34.2 Å². The zero-order chi connectivity index (χ0) is 14.0. The molecule has 21 heavy (non-hydrogen) atoms. The number of hydrogen-bond acceptors (Lipinski definition) is 2. The third-order valence-electron chi connectivity index (χ3n) is 4.27. The predicted molar refractivity (Wildman–Crippen MR) is 81.0 cm³/mol. The van der Waals surface area contributed by atoms with Crippen LogP contribution in [-0.4, -0.2) is 4.98 Å². The van der Waals surface area contributed by atoms with E-state index in [0.717, 1.165) is 34.3 Å². The molecule has 1 aliphatic rings. The Morgan fingerprint density at radius 3 is 2.90 bits per heavy atom. The minimum Gasteiger partial charge on any atom is -0.437 e. The maximum absolute atomic E-state index is 6.11. The lowest BCUT2D eigenvalue weighted by Gasteiger charge is -1.95. The Labute approximate surface area is 121 Å². The van der Waals surface area contributed by atoms with Crippen molar-refractivity contribution in [2.45, 2.75) is 13.5 Å². The van der Waals surface area contributed by atoms with Crippen molar-refractivity contribution in [3.8, 4) is 11.3 Å². The molecule has 0 radical (unpaired) electrons. The van der Waals surface area contributed by atoms with Crippen molar-refractivity contribution in [3.05, 3.63) is 59.9 Å². The van der Waals surface area contributed by atoms with Crippen molar-refractivity contribution in [3.63, 3.8) is 0 Å². The third kappa shape index (κ3) is 1.38. The summed E-state index contributed by atoms with van der Waals surface area (Å²) in [6.07, 6.45) is 2.12. The van der Waals surface area contributed by atoms with E-state index in [2.05, 4.69) is 52.1 Å². The molecule has 5 rings (SSSR count). The van der Waals surface area contributed by atoms with Crippen molar-refractivity contribution in [2.75, 3.05) is 0 Å². The largest absolute Gasteiger partial charge is 0.437 e. The summed E-state index contributed by atoms with van der Waals surface area (Å²) in [4.78, 5) is 4.52. The van der Waals surface area contributed by atoms with E-state index in [1.54, 1.807) is 0 Å². The Balaban J connectivity index is 1.96. The molecule has 0 amide bonds. The highest BCUT2D eigenvalue weighted by molar-refractivity contribution is 6.08. The molecule has 0 saturated carbocycles. The van der Waals surface area contributed by atoms with Gasteiger partial charge in [0.05, 0.1) is 5.56 Å². The summed E-state index contributed by atoms with van der Waals surface area (Å²) in [5.74, 6) is 0. The molecule has 0 spiro atoms. The van der Waals surface area contributed by atoms with Crippen LogP contribution in [0, 0.1) is 6.92 Å². The molecule has 4 aromatic rings. The maximum Gasteiger partial charge on any atom is 0.227 e. The number of nitrogens with zero attached hydrogens (tertiary/aromatic N) is 2. The van der Waals surface area contributed by atoms with Gasteiger partial charge in [0.25, 0.3) is 0 Å². The van der Waals surface area contributed by atoms with E-state index in [1.165, 1.54) is 16.8 Å². The Kier molecular flexibility index (Phi) is 1.94. The standard InChI is InChI=1S/C18H13N2O/c1-11-5-7-14-13-8-6-12-10-20-9-3-2-4-15(20)16(12)17(13)21-18(14)19-11/h2-9H,10H2,1H3/q+1. The summed E-state index contributed by atoms with van der Waals surface area (Å²) >= 11 is 0. The number of pyridine rings is 2. The van der Waals surface area contributed by atoms with Gasteiger partial charge < -0.3 is 4.42 Å². The molecule has 0 unspecified atom stereocenters. The monoisotopic (exact) mass is 273 g/mol. The molecule has 3 nitrogen and oxygen atoms in total. The van der Waals surface area contributed by atoms with Gasteiger partial charge in [-0.1, -0.05) is 6.07 Å². The number of benzene rings is 1. The first-order valence-electron chi connectivity index (χ1n) is 7.12. The molecule has 4 heterocycles. The van der Waals surface area contributed by atoms with Crippen molar-refractivity contribution < 1.29 is 8.98 Å². The second kappa shape index (κ2) is 3.70. The zero-order valence-electron chi connectivity index (χ0n) is 11.6. The minimum absolute atomic E-state index is 0.729. The van der Waals surface area contributed by atoms with Crippen molar-refractivity contribution in [1.82, 2.24) is 4.98 Å². The van der Waals surface area contributed by atoms with Crippen LogP contribution < -0.4 is 4.57 Å². The summed E-state index contributed by atoms with van der Waals surface area (Å²) < 4.78 is 8.37. The predicted octanol–water partition coefficient (Wildman–Crippen LogP) is 3.61. The van der Waals surface area contributed by atoms with Crippen LogP contribution in [0.4, 0.5) is 0 Å². The summed E-state index contributed by atoms with van der Waals surface area (Å²) in [6, 6.07) is 14.8. The molecule has 3 aromatic heterocycles. The second-order valence-electron chi connectivity index (χ2n) is 5.60. The fourth-order valence-corrected chi connectivity index (χ4v) is 3.29. The van der Waals surface area contributed by atoms with E-state index < -0.39 is 0 Å². The number of hydrogen-bond donors (Lipinski definition) is 0. The van der Waals surface area contributed by atoms with Crippen LogP contribution >= 0.6 is 0 Å². The second-order valence-corrected chi connectivity index (χ2v) is 5.60. The summed E-state index contributed by atoms with van der Waals surface area (Å²) in [5.41, 5.74) is 6.40. The topological polar surface area (TPSA) is 29.9 Å². The molecule has 1 aliphatic heterocycles. The first-order valence-corrected chi connectivity index (χ1v) is 7.12. The zero-order valence-corrected chi connectivity index (χ0v) is 11.6. The van der Waals surface area contributed by atoms with E-state index in [-0.39, 0.29) is 0 Å². The van der Waals surface area contributed by atoms with Gasteiger partial charge in [-0.05, 0) is 31.2 Å². The average molecular weight is 273 g/mol. The molecule has 0 atom stereocenters. The molecule has 100 valence electrons. The minimum atomic E-state index is 0.729. The van der Waals surface area contributed by atoms with Gasteiger partial charge >= 0.3 is 0 Å². The summed E-state index contributed by atoms with van der Waals surface area (Å²) in [5, 5.41) is 2.24. The molecule has 0 N–H and O–H groups in total. The van der Waals surface area contributed by atoms with E-state index in [1.807, 2.05) is 13.0 Å². The SMILES string of the molecule is Cc1ccc2c(n1)oc1c3c(ccc12)C[n+]1ccccc1-3. The number of furan rings is 1. The molecule has 0 aliphatic carbocycles. The van der Waals surface area contributed by atoms with Crippen LogP contribution in [0.2, 0.25) is 0 Å². The van der Waals surface area contributed by atoms with E-state index in [9.17, 15) is 0 Å². The Morgan fingerprint density at radius 2 is 1.95 bits per heavy atom. The van der Waals surface area contributed by atoms with Gasteiger partial charge in [-0.25, -0.2) is 4.98 Å². The van der Waals surface area contributed by atoms with Crippen LogP contribution in [0.5, 0.6) is 0 Å². The maximum atomic E-state index is 6.11. The smallest absolute Gasteiger partial charge is 0.227 e. The number of fused-ring (bicyclic) bond motifs is 7. The molecule has 0 bridgehead atoms. The van der Waals surface area contributed by atoms with Gasteiger partial charge in [-0.15, -0.1) is 0 Å². The summed E-state index contributed by atoms with van der Waals surface area (Å²) in [7, 11) is 0. The van der Waals surface area contributed by atoms with E-state index in [0.29, 0.717) is 0 Å². The van der Waals surface area contributed by atoms with Crippen molar-refractivity contribution >= 4 is 22.1 Å². The third-order valence-corrected chi connectivity index (χ3v) is 4.27. The van der Waals surface area contributed by atoms with Crippen molar-refractivity contribution in [1.29, 1.82) is 0 Å². The first kappa shape index (κ1) is 11.0. The van der Waals surface area contributed by atoms with Gasteiger partial charge in [0.15, 0.2) is 18.3 Å². The van der Waals surface area contributed by atoms with Gasteiger partial charge in [0.1, 0.15) is 0 Å². The van der Waals surface area contributed by atoms with Crippen molar-refractivity contribution in [2.24, 2.45) is 0 Å². The lowest BCUT2D eigenvalue weighted by molar-refractivity contribution is -0.672. The van der Waals surface area contributed by atoms with Gasteiger partial charge in [-0.3, -0.25) is 0 Å². The number of rotatable bonds is 0. The fourth-order valence-electron chi connectivity index (χ4n) is 3.29. The van der Waals surface area contributed by atoms with Gasteiger partial charge in [0.2, 0.25) is 11.4 Å². The van der Waals surface area contributed by atoms with E-state index >= 15 is 0 Å². The van der Waals surface area contributed by atoms with Crippen LogP contribution in [-0.2, 0) is 6.54 Å². The quantitative estimate of drug-likeness (QED) is 0.403. The Morgan fingerprint density at radius 1 is 1.05 bits per heavy atom. The molecule has 3 heteroatoms. The molecule has 1 aromatic carbocycles. The van der Waals surface area contributed by atoms with Crippen LogP contribution in [0.1, 0.15) is 11.3 Å². The Bertz CT molecular complexity index is 1030. The van der Waals surface area contributed by atoms with Crippen LogP contribution in [0.15, 0.2) is 53.1 Å². The highest BCUT2D eigenvalue weighted by Crippen LogP contribution is 2.38. The van der Waals surface area contributed by atoms with Crippen LogP contribution in [0.25, 0.3) is 33.3 Å². The molecular formula is C18H13N2O+. The van der Waals surface area contributed by atoms with E-state index in [4.69, 9.17) is 4.42 Å². The Hall–Kier alpha value is -2.68. The average Bonchev–Trinajstić information content (AvgIpc) is 3.03. The summed E-state index contributed by atoms with van der Waals surface area (Å²) in [6.45, 7) is 2.90. The molecular weight excluding hydrogens is 260 g/mol. The highest BCUT2D eigenvalue weighted by atomic mass is 16.3. The normalized spacial score (nSPS) is 12.8. The van der Waals surface area contributed by atoms with Gasteiger partial charge in [-0.2, -0.15) is 4.57 Å². The molecule has 0 fully saturated rings. The molecule has 0 saturated heterocycles. The lowest BCUT2D eigenvalue weighted by atomic mass is 10.0. The lowest BCUT2D eigenvalue weighted by Crippen LogP contribution is -2.31. The first-order chi connectivity index (χ1) is 10.3. The fraction of sp³-hybridized carbons (Fsp3) is 0.111. The van der Waals surface area contributed by atoms with Crippen LogP contribution in [0.3, 0.4) is 0 Å². The highest BCUT2D eigenvalue weighted by Gasteiger charge is 2.29. The number of aromatic nitrogens is 2. The number of aryl methyl sites for hydroxylation is 1.